The Kier molecular flexibility index (Phi) is 6.56. The highest BCUT2D eigenvalue weighted by Crippen LogP contribution is 2.43. The van der Waals surface area contributed by atoms with Crippen molar-refractivity contribution in [3.63, 3.8) is 0 Å². The highest BCUT2D eigenvalue weighted by molar-refractivity contribution is 6.11. The van der Waals surface area contributed by atoms with Crippen molar-refractivity contribution in [2.24, 2.45) is 0 Å². The second-order valence-corrected chi connectivity index (χ2v) is 12.3. The third-order valence-electron chi connectivity index (χ3n) is 9.59. The van der Waals surface area contributed by atoms with E-state index in [9.17, 15) is 10.5 Å². The molecule has 0 N–H and O–H groups in total. The van der Waals surface area contributed by atoms with Crippen LogP contribution >= 0.6 is 0 Å². The molecular formula is C45H25N5. The smallest absolute Gasteiger partial charge is 0.211 e. The van der Waals surface area contributed by atoms with Gasteiger partial charge in [0.05, 0.1) is 57.6 Å². The average Bonchev–Trinajstić information content (AvgIpc) is 3.69. The zero-order valence-electron chi connectivity index (χ0n) is 26.7. The SMILES string of the molecule is [C-]#[N+]c1ccc(C#N)c(-c2cccc(-c3cccc(-n4c5ccccc5c5ccc(C#N)cc54)c3)c2)c1-n1c2ccccc2c2ccccc21. The molecule has 50 heavy (non-hydrogen) atoms. The minimum atomic E-state index is 0.473. The molecule has 9 rings (SSSR count). The average molecular weight is 636 g/mol. The lowest BCUT2D eigenvalue weighted by molar-refractivity contribution is 1.18. The zero-order chi connectivity index (χ0) is 33.8. The monoisotopic (exact) mass is 635 g/mol. The fraction of sp³-hybridized carbons (Fsp3) is 0. The van der Waals surface area contributed by atoms with Crippen molar-refractivity contribution in [2.75, 3.05) is 0 Å². The first-order valence-corrected chi connectivity index (χ1v) is 16.3. The largest absolute Gasteiger partial charge is 0.318 e. The molecule has 7 aromatic carbocycles. The van der Waals surface area contributed by atoms with Crippen LogP contribution in [0, 0.1) is 29.2 Å². The summed E-state index contributed by atoms with van der Waals surface area (Å²) in [6, 6.07) is 55.4. The Morgan fingerprint density at radius 3 is 1.70 bits per heavy atom. The molecule has 230 valence electrons. The van der Waals surface area contributed by atoms with Gasteiger partial charge in [-0.3, -0.25) is 0 Å². The Morgan fingerprint density at radius 2 is 1.06 bits per heavy atom. The number of hydrogen-bond acceptors (Lipinski definition) is 2. The van der Waals surface area contributed by atoms with Crippen molar-refractivity contribution in [1.29, 1.82) is 10.5 Å². The molecule has 0 aliphatic rings. The minimum absolute atomic E-state index is 0.473. The van der Waals surface area contributed by atoms with Gasteiger partial charge in [-0.1, -0.05) is 103 Å². The lowest BCUT2D eigenvalue weighted by atomic mass is 9.93. The maximum atomic E-state index is 10.5. The van der Waals surface area contributed by atoms with Gasteiger partial charge in [0.2, 0.25) is 5.69 Å². The van der Waals surface area contributed by atoms with E-state index in [1.165, 1.54) is 0 Å². The summed E-state index contributed by atoms with van der Waals surface area (Å²) in [4.78, 5) is 3.98. The maximum absolute atomic E-state index is 10.5. The van der Waals surface area contributed by atoms with Gasteiger partial charge in [0, 0.05) is 32.8 Å². The molecule has 0 atom stereocenters. The van der Waals surface area contributed by atoms with E-state index in [1.807, 2.05) is 66.7 Å². The van der Waals surface area contributed by atoms with Gasteiger partial charge in [-0.05, 0) is 65.2 Å². The fourth-order valence-electron chi connectivity index (χ4n) is 7.44. The summed E-state index contributed by atoms with van der Waals surface area (Å²) in [5.74, 6) is 0. The third-order valence-corrected chi connectivity index (χ3v) is 9.59. The molecule has 0 spiro atoms. The second-order valence-electron chi connectivity index (χ2n) is 12.3. The molecule has 5 heteroatoms. The fourth-order valence-corrected chi connectivity index (χ4v) is 7.44. The Labute approximate surface area is 288 Å². The van der Waals surface area contributed by atoms with Crippen LogP contribution in [0.5, 0.6) is 0 Å². The van der Waals surface area contributed by atoms with Crippen molar-refractivity contribution >= 4 is 49.3 Å². The van der Waals surface area contributed by atoms with Crippen molar-refractivity contribution in [1.82, 2.24) is 9.13 Å². The highest BCUT2D eigenvalue weighted by atomic mass is 15.0. The van der Waals surface area contributed by atoms with Crippen LogP contribution in [0.15, 0.2) is 152 Å². The van der Waals surface area contributed by atoms with Crippen LogP contribution in [-0.2, 0) is 0 Å². The summed E-state index contributed by atoms with van der Waals surface area (Å²) in [7, 11) is 0. The van der Waals surface area contributed by atoms with Crippen molar-refractivity contribution in [3.05, 3.63) is 174 Å². The molecule has 5 nitrogen and oxygen atoms in total. The van der Waals surface area contributed by atoms with Gasteiger partial charge in [-0.2, -0.15) is 10.5 Å². The maximum Gasteiger partial charge on any atom is 0.211 e. The highest BCUT2D eigenvalue weighted by Gasteiger charge is 2.22. The van der Waals surface area contributed by atoms with Gasteiger partial charge in [0.15, 0.2) is 0 Å². The molecule has 0 bridgehead atoms. The predicted octanol–water partition coefficient (Wildman–Crippen LogP) is 11.5. The van der Waals surface area contributed by atoms with Crippen molar-refractivity contribution in [2.45, 2.75) is 0 Å². The molecule has 0 fully saturated rings. The molecule has 0 unspecified atom stereocenters. The third kappa shape index (κ3) is 4.31. The van der Waals surface area contributed by atoms with Gasteiger partial charge in [0.25, 0.3) is 0 Å². The van der Waals surface area contributed by atoms with E-state index in [-0.39, 0.29) is 0 Å². The summed E-state index contributed by atoms with van der Waals surface area (Å²) in [6.45, 7) is 8.21. The first kappa shape index (κ1) is 28.8. The predicted molar refractivity (Wildman–Crippen MR) is 202 cm³/mol. The summed E-state index contributed by atoms with van der Waals surface area (Å²) in [5.41, 5.74) is 10.8. The van der Waals surface area contributed by atoms with E-state index < -0.39 is 0 Å². The van der Waals surface area contributed by atoms with Crippen molar-refractivity contribution in [3.8, 4) is 45.8 Å². The number of hydrogen-bond donors (Lipinski definition) is 0. The summed E-state index contributed by atoms with van der Waals surface area (Å²) in [5, 5.41) is 24.6. The van der Waals surface area contributed by atoms with Crippen molar-refractivity contribution < 1.29 is 0 Å². The Bertz CT molecular complexity index is 2920. The minimum Gasteiger partial charge on any atom is -0.318 e. The number of para-hydroxylation sites is 3. The van der Waals surface area contributed by atoms with Crippen LogP contribution in [0.25, 0.3) is 82.1 Å². The standard InChI is InChI=1S/C45H25N5/c1-48-39-23-21-33(28-47)44(45(39)50-41-18-6-3-14-35(41)36-15-4-7-19-42(36)50)32-12-8-10-30(25-32)31-11-9-13-34(26-31)49-40-17-5-2-16-37(40)38-22-20-29(27-46)24-43(38)49/h2-26H. The van der Waals surface area contributed by atoms with Gasteiger partial charge in [-0.15, -0.1) is 0 Å². The summed E-state index contributed by atoms with van der Waals surface area (Å²) in [6.07, 6.45) is 0. The molecule has 0 saturated heterocycles. The van der Waals surface area contributed by atoms with E-state index in [0.29, 0.717) is 22.5 Å². The lowest BCUT2D eigenvalue weighted by Crippen LogP contribution is -2.00. The van der Waals surface area contributed by atoms with Crippen LogP contribution in [-0.4, -0.2) is 9.13 Å². The Balaban J connectivity index is 1.26. The first-order chi connectivity index (χ1) is 24.7. The van der Waals surface area contributed by atoms with Crippen LogP contribution in [0.1, 0.15) is 11.1 Å². The molecule has 0 saturated carbocycles. The Hall–Kier alpha value is -7.39. The molecule has 2 aromatic heterocycles. The number of rotatable bonds is 4. The van der Waals surface area contributed by atoms with Crippen LogP contribution in [0.2, 0.25) is 0 Å². The van der Waals surface area contributed by atoms with Gasteiger partial charge >= 0.3 is 0 Å². The second kappa shape index (κ2) is 11.4. The van der Waals surface area contributed by atoms with Crippen LogP contribution in [0.4, 0.5) is 5.69 Å². The quantitative estimate of drug-likeness (QED) is 0.181. The number of nitriles is 2. The topological polar surface area (TPSA) is 61.8 Å². The summed E-state index contributed by atoms with van der Waals surface area (Å²) < 4.78 is 4.35. The van der Waals surface area contributed by atoms with Gasteiger partial charge in [-0.25, -0.2) is 4.85 Å². The lowest BCUT2D eigenvalue weighted by Gasteiger charge is -2.18. The van der Waals surface area contributed by atoms with Crippen LogP contribution < -0.4 is 0 Å². The van der Waals surface area contributed by atoms with E-state index in [4.69, 9.17) is 6.57 Å². The number of benzene rings is 7. The molecule has 9 aromatic rings. The number of aromatic nitrogens is 2. The molecule has 0 aliphatic heterocycles. The molecule has 0 radical (unpaired) electrons. The zero-order valence-corrected chi connectivity index (χ0v) is 26.7. The molecule has 0 aliphatic carbocycles. The van der Waals surface area contributed by atoms with Crippen LogP contribution in [0.3, 0.4) is 0 Å². The first-order valence-electron chi connectivity index (χ1n) is 16.3. The van der Waals surface area contributed by atoms with Gasteiger partial charge < -0.3 is 9.13 Å². The van der Waals surface area contributed by atoms with E-state index in [0.717, 1.165) is 71.6 Å². The normalized spacial score (nSPS) is 11.1. The number of fused-ring (bicyclic) bond motifs is 6. The molecule has 0 amide bonds. The molecular weight excluding hydrogens is 611 g/mol. The summed E-state index contributed by atoms with van der Waals surface area (Å²) >= 11 is 0. The van der Waals surface area contributed by atoms with E-state index >= 15 is 0 Å². The van der Waals surface area contributed by atoms with E-state index in [2.05, 4.69) is 98.9 Å². The number of nitrogens with zero attached hydrogens (tertiary/aromatic N) is 5. The Morgan fingerprint density at radius 1 is 0.480 bits per heavy atom. The molecule has 2 heterocycles. The van der Waals surface area contributed by atoms with E-state index in [1.54, 1.807) is 12.1 Å². The van der Waals surface area contributed by atoms with Gasteiger partial charge in [0.1, 0.15) is 0 Å².